The third-order valence-electron chi connectivity index (χ3n) is 1.58. The van der Waals surface area contributed by atoms with E-state index in [1.54, 1.807) is 11.9 Å². The van der Waals surface area contributed by atoms with Crippen LogP contribution in [-0.4, -0.2) is 17.2 Å². The highest BCUT2D eigenvalue weighted by Crippen LogP contribution is 2.14. The summed E-state index contributed by atoms with van der Waals surface area (Å²) in [7, 11) is 0. The van der Waals surface area contributed by atoms with Crippen LogP contribution in [-0.2, 0) is 0 Å². The van der Waals surface area contributed by atoms with Gasteiger partial charge in [0.05, 0.1) is 0 Å². The highest BCUT2D eigenvalue weighted by Gasteiger charge is 2.19. The van der Waals surface area contributed by atoms with Crippen LogP contribution in [0.4, 0.5) is 0 Å². The van der Waals surface area contributed by atoms with Crippen LogP contribution < -0.4 is 11.2 Å². The van der Waals surface area contributed by atoms with E-state index in [0.717, 1.165) is 5.70 Å². The largest absolute Gasteiger partial charge is 0.400 e. The minimum atomic E-state index is 0.141. The van der Waals surface area contributed by atoms with Crippen molar-refractivity contribution in [2.45, 2.75) is 13.8 Å². The normalized spacial score (nSPS) is 19.8. The summed E-state index contributed by atoms with van der Waals surface area (Å²) < 4.78 is 0. The van der Waals surface area contributed by atoms with Crippen molar-refractivity contribution in [3.8, 4) is 0 Å². The van der Waals surface area contributed by atoms with Crippen LogP contribution in [0, 0.1) is 5.41 Å². The molecule has 0 aromatic rings. The number of rotatable bonds is 1. The summed E-state index contributed by atoms with van der Waals surface area (Å²) in [6, 6.07) is 0. The Morgan fingerprint density at radius 3 is 2.69 bits per heavy atom. The van der Waals surface area contributed by atoms with Gasteiger partial charge in [0.15, 0.2) is 5.84 Å². The van der Waals surface area contributed by atoms with Crippen LogP contribution in [0.1, 0.15) is 13.8 Å². The molecule has 0 spiro atoms. The van der Waals surface area contributed by atoms with Crippen molar-refractivity contribution in [1.82, 2.24) is 10.4 Å². The Bertz CT molecular complexity index is 308. The first-order valence-corrected chi connectivity index (χ1v) is 3.83. The summed E-state index contributed by atoms with van der Waals surface area (Å²) in [4.78, 5) is 3.79. The molecule has 0 amide bonds. The molecule has 0 radical (unpaired) electrons. The summed E-state index contributed by atoms with van der Waals surface area (Å²) >= 11 is 0. The molecule has 0 saturated heterocycles. The minimum Gasteiger partial charge on any atom is -0.400 e. The summed E-state index contributed by atoms with van der Waals surface area (Å²) in [5.41, 5.74) is 10.3. The Morgan fingerprint density at radius 1 is 1.69 bits per heavy atom. The van der Waals surface area contributed by atoms with Gasteiger partial charge in [0, 0.05) is 11.4 Å². The predicted molar refractivity (Wildman–Crippen MR) is 52.9 cm³/mol. The number of nitrogens with zero attached hydrogens (tertiary/aromatic N) is 2. The maximum atomic E-state index is 7.54. The number of hydrogen-bond donors (Lipinski definition) is 3. The van der Waals surface area contributed by atoms with Crippen molar-refractivity contribution in [1.29, 1.82) is 5.41 Å². The Kier molecular flexibility index (Phi) is 2.36. The molecule has 0 aromatic carbocycles. The molecule has 5 heteroatoms. The fourth-order valence-corrected chi connectivity index (χ4v) is 1.05. The number of nitrogens with one attached hydrogen (secondary N) is 2. The zero-order chi connectivity index (χ0) is 10.0. The van der Waals surface area contributed by atoms with E-state index in [2.05, 4.69) is 17.0 Å². The molecule has 0 unspecified atom stereocenters. The molecular formula is C8H13N5. The van der Waals surface area contributed by atoms with Crippen LogP contribution in [0.5, 0.6) is 0 Å². The number of hydrogen-bond acceptors (Lipinski definition) is 4. The molecule has 1 rings (SSSR count). The summed E-state index contributed by atoms with van der Waals surface area (Å²) in [5.74, 6) is 0.141. The summed E-state index contributed by atoms with van der Waals surface area (Å²) in [6.07, 6.45) is 1.43. The highest BCUT2D eigenvalue weighted by molar-refractivity contribution is 6.02. The minimum absolute atomic E-state index is 0.141. The van der Waals surface area contributed by atoms with Crippen LogP contribution in [0.15, 0.2) is 28.7 Å². The number of hydrazine groups is 1. The maximum absolute atomic E-state index is 7.54. The number of allylic oxidation sites excluding steroid dienone is 2. The van der Waals surface area contributed by atoms with E-state index < -0.39 is 0 Å². The third kappa shape index (κ3) is 1.69. The van der Waals surface area contributed by atoms with E-state index in [1.165, 1.54) is 6.34 Å². The van der Waals surface area contributed by atoms with Crippen molar-refractivity contribution in [3.05, 3.63) is 23.7 Å². The van der Waals surface area contributed by atoms with Gasteiger partial charge in [0.25, 0.3) is 0 Å². The topological polar surface area (TPSA) is 77.5 Å². The Hall–Kier alpha value is -1.78. The number of amidine groups is 1. The molecule has 0 atom stereocenters. The van der Waals surface area contributed by atoms with Crippen molar-refractivity contribution in [2.24, 2.45) is 10.7 Å². The molecule has 13 heavy (non-hydrogen) atoms. The third-order valence-corrected chi connectivity index (χ3v) is 1.58. The second kappa shape index (κ2) is 3.30. The molecule has 1 aliphatic rings. The zero-order valence-electron chi connectivity index (χ0n) is 7.76. The molecule has 4 N–H and O–H groups in total. The summed E-state index contributed by atoms with van der Waals surface area (Å²) in [5, 5.41) is 9.17. The lowest BCUT2D eigenvalue weighted by atomic mass is 10.3. The van der Waals surface area contributed by atoms with Crippen molar-refractivity contribution >= 4 is 12.2 Å². The maximum Gasteiger partial charge on any atom is 0.173 e. The van der Waals surface area contributed by atoms with E-state index >= 15 is 0 Å². The fourth-order valence-electron chi connectivity index (χ4n) is 1.05. The second-order valence-electron chi connectivity index (χ2n) is 2.84. The average molecular weight is 179 g/mol. The molecule has 70 valence electrons. The van der Waals surface area contributed by atoms with Gasteiger partial charge in [-0.25, -0.2) is 4.99 Å². The molecule has 1 aliphatic heterocycles. The van der Waals surface area contributed by atoms with Crippen LogP contribution in [0.25, 0.3) is 0 Å². The monoisotopic (exact) mass is 179 g/mol. The Balaban J connectivity index is 3.12. The molecule has 1 heterocycles. The lowest BCUT2D eigenvalue weighted by molar-refractivity contribution is 0.397. The van der Waals surface area contributed by atoms with E-state index in [1.807, 2.05) is 6.92 Å². The van der Waals surface area contributed by atoms with Gasteiger partial charge >= 0.3 is 0 Å². The predicted octanol–water partition coefficient (Wildman–Crippen LogP) is 0.536. The van der Waals surface area contributed by atoms with Crippen molar-refractivity contribution in [3.63, 3.8) is 0 Å². The molecule has 5 nitrogen and oxygen atoms in total. The van der Waals surface area contributed by atoms with Crippen LogP contribution in [0.2, 0.25) is 0 Å². The van der Waals surface area contributed by atoms with Crippen molar-refractivity contribution in [2.75, 3.05) is 0 Å². The van der Waals surface area contributed by atoms with E-state index in [9.17, 15) is 0 Å². The van der Waals surface area contributed by atoms with E-state index in [-0.39, 0.29) is 5.84 Å². The van der Waals surface area contributed by atoms with Gasteiger partial charge in [-0.3, -0.25) is 15.8 Å². The lowest BCUT2D eigenvalue weighted by Gasteiger charge is -2.29. The smallest absolute Gasteiger partial charge is 0.173 e. The Labute approximate surface area is 77.1 Å². The fraction of sp³-hybridized carbons (Fsp3) is 0.250. The number of nitrogens with two attached hydrogens (primary N) is 1. The first kappa shape index (κ1) is 9.31. The molecular weight excluding hydrogens is 166 g/mol. The average Bonchev–Trinajstić information content (AvgIpc) is 2.02. The first-order valence-electron chi connectivity index (χ1n) is 3.83. The van der Waals surface area contributed by atoms with Crippen LogP contribution >= 0.6 is 0 Å². The first-order chi connectivity index (χ1) is 6.04. The van der Waals surface area contributed by atoms with Gasteiger partial charge in [0.1, 0.15) is 12.0 Å². The van der Waals surface area contributed by atoms with E-state index in [0.29, 0.717) is 11.4 Å². The standard InChI is InChI=1S/C8H13N5/c1-5(2)13-7(6(3)9)8(10)11-4-12-13/h4H,1,9H2,2-3H3,(H2,10,11,12)/b7-6-. The van der Waals surface area contributed by atoms with Gasteiger partial charge in [-0.15, -0.1) is 0 Å². The highest BCUT2D eigenvalue weighted by atomic mass is 15.5. The number of aliphatic imine (C=N–C) groups is 1. The molecule has 0 saturated carbocycles. The van der Waals surface area contributed by atoms with E-state index in [4.69, 9.17) is 11.1 Å². The molecule has 0 bridgehead atoms. The molecule has 0 aromatic heterocycles. The zero-order valence-corrected chi connectivity index (χ0v) is 7.76. The van der Waals surface area contributed by atoms with Gasteiger partial charge in [-0.2, -0.15) is 0 Å². The van der Waals surface area contributed by atoms with Gasteiger partial charge < -0.3 is 5.73 Å². The molecule has 0 fully saturated rings. The lowest BCUT2D eigenvalue weighted by Crippen LogP contribution is -2.41. The molecule has 0 aliphatic carbocycles. The van der Waals surface area contributed by atoms with Crippen molar-refractivity contribution < 1.29 is 0 Å². The van der Waals surface area contributed by atoms with Gasteiger partial charge in [-0.1, -0.05) is 6.58 Å². The van der Waals surface area contributed by atoms with Crippen LogP contribution in [0.3, 0.4) is 0 Å². The Morgan fingerprint density at radius 2 is 2.31 bits per heavy atom. The SMILES string of the molecule is C=C(C)N1NC=NC(=N)/C1=C(\C)N. The van der Waals surface area contributed by atoms with Gasteiger partial charge in [0.2, 0.25) is 0 Å². The summed E-state index contributed by atoms with van der Waals surface area (Å²) in [6.45, 7) is 7.31. The van der Waals surface area contributed by atoms with Gasteiger partial charge in [-0.05, 0) is 13.8 Å². The second-order valence-corrected chi connectivity index (χ2v) is 2.84. The quantitative estimate of drug-likeness (QED) is 0.549.